The molecule has 2 nitrogen and oxygen atoms in total. The first-order valence-electron chi connectivity index (χ1n) is 4.57. The number of aliphatic imine (C=N–C) groups is 1. The lowest BCUT2D eigenvalue weighted by molar-refractivity contribution is 0.402. The van der Waals surface area contributed by atoms with Gasteiger partial charge in [0.25, 0.3) is 0 Å². The Bertz CT molecular complexity index is 154. The third-order valence-corrected chi connectivity index (χ3v) is 1.86. The Morgan fingerprint density at radius 2 is 1.83 bits per heavy atom. The van der Waals surface area contributed by atoms with Gasteiger partial charge in [0, 0.05) is 27.1 Å². The molecule has 0 rings (SSSR count). The van der Waals surface area contributed by atoms with E-state index in [1.54, 1.807) is 0 Å². The summed E-state index contributed by atoms with van der Waals surface area (Å²) in [6.45, 7) is 9.89. The van der Waals surface area contributed by atoms with Crippen LogP contribution >= 0.6 is 0 Å². The van der Waals surface area contributed by atoms with Crippen LogP contribution in [0.2, 0.25) is 0 Å². The van der Waals surface area contributed by atoms with Gasteiger partial charge >= 0.3 is 0 Å². The molecule has 0 aliphatic heterocycles. The Labute approximate surface area is 76.7 Å². The van der Waals surface area contributed by atoms with Gasteiger partial charge in [0.15, 0.2) is 0 Å². The van der Waals surface area contributed by atoms with Gasteiger partial charge in [-0.15, -0.1) is 0 Å². The SMILES string of the molecule is CCN(C)C(CC(C)(C)C)=NC. The molecule has 0 aliphatic carbocycles. The molecule has 0 radical (unpaired) electrons. The van der Waals surface area contributed by atoms with Crippen molar-refractivity contribution in [3.63, 3.8) is 0 Å². The lowest BCUT2D eigenvalue weighted by atomic mass is 9.91. The molecule has 0 saturated carbocycles. The predicted octanol–water partition coefficient (Wildman–Crippen LogP) is 2.40. The summed E-state index contributed by atoms with van der Waals surface area (Å²) < 4.78 is 0. The van der Waals surface area contributed by atoms with Crippen LogP contribution < -0.4 is 0 Å². The van der Waals surface area contributed by atoms with E-state index in [1.807, 2.05) is 7.05 Å². The van der Waals surface area contributed by atoms with Gasteiger partial charge in [0.2, 0.25) is 0 Å². The van der Waals surface area contributed by atoms with Crippen molar-refractivity contribution in [2.75, 3.05) is 20.6 Å². The van der Waals surface area contributed by atoms with Gasteiger partial charge in [-0.25, -0.2) is 0 Å². The van der Waals surface area contributed by atoms with E-state index in [2.05, 4.69) is 44.6 Å². The first-order valence-corrected chi connectivity index (χ1v) is 4.57. The lowest BCUT2D eigenvalue weighted by Gasteiger charge is -2.25. The second-order valence-corrected chi connectivity index (χ2v) is 4.39. The topological polar surface area (TPSA) is 15.6 Å². The number of hydrogen-bond donors (Lipinski definition) is 0. The molecule has 0 spiro atoms. The molecule has 0 aromatic carbocycles. The van der Waals surface area contributed by atoms with Crippen LogP contribution in [-0.2, 0) is 0 Å². The molecular weight excluding hydrogens is 148 g/mol. The zero-order chi connectivity index (χ0) is 9.78. The standard InChI is InChI=1S/C10H22N2/c1-7-12(6)9(11-5)8-10(2,3)4/h7-8H2,1-6H3. The molecule has 0 aromatic rings. The Hall–Kier alpha value is -0.530. The highest BCUT2D eigenvalue weighted by Crippen LogP contribution is 2.19. The van der Waals surface area contributed by atoms with Crippen molar-refractivity contribution in [1.29, 1.82) is 0 Å². The third kappa shape index (κ3) is 4.37. The van der Waals surface area contributed by atoms with E-state index in [1.165, 1.54) is 5.84 Å². The van der Waals surface area contributed by atoms with Gasteiger partial charge in [-0.05, 0) is 12.3 Å². The molecule has 2 heteroatoms. The molecule has 12 heavy (non-hydrogen) atoms. The molecule has 0 heterocycles. The second kappa shape index (κ2) is 4.48. The predicted molar refractivity (Wildman–Crippen MR) is 55.7 cm³/mol. The van der Waals surface area contributed by atoms with Gasteiger partial charge in [0.1, 0.15) is 0 Å². The van der Waals surface area contributed by atoms with Crippen molar-refractivity contribution < 1.29 is 0 Å². The molecule has 0 unspecified atom stereocenters. The second-order valence-electron chi connectivity index (χ2n) is 4.39. The molecule has 0 fully saturated rings. The van der Waals surface area contributed by atoms with Gasteiger partial charge in [-0.2, -0.15) is 0 Å². The van der Waals surface area contributed by atoms with Crippen molar-refractivity contribution in [2.45, 2.75) is 34.1 Å². The van der Waals surface area contributed by atoms with E-state index in [0.717, 1.165) is 13.0 Å². The molecule has 0 saturated heterocycles. The normalized spacial score (nSPS) is 13.3. The first kappa shape index (κ1) is 11.5. The Balaban J connectivity index is 4.21. The van der Waals surface area contributed by atoms with Gasteiger partial charge in [-0.3, -0.25) is 4.99 Å². The van der Waals surface area contributed by atoms with Crippen molar-refractivity contribution >= 4 is 5.84 Å². The van der Waals surface area contributed by atoms with Gasteiger partial charge in [0.05, 0.1) is 5.84 Å². The number of nitrogens with zero attached hydrogens (tertiary/aromatic N) is 2. The van der Waals surface area contributed by atoms with E-state index in [9.17, 15) is 0 Å². The van der Waals surface area contributed by atoms with Gasteiger partial charge < -0.3 is 4.90 Å². The van der Waals surface area contributed by atoms with Crippen LogP contribution in [-0.4, -0.2) is 31.4 Å². The van der Waals surface area contributed by atoms with Crippen LogP contribution in [0, 0.1) is 5.41 Å². The van der Waals surface area contributed by atoms with Crippen LogP contribution in [0.15, 0.2) is 4.99 Å². The van der Waals surface area contributed by atoms with E-state index < -0.39 is 0 Å². The fourth-order valence-electron chi connectivity index (χ4n) is 1.04. The van der Waals surface area contributed by atoms with Crippen molar-refractivity contribution in [3.8, 4) is 0 Å². The Morgan fingerprint density at radius 1 is 1.33 bits per heavy atom. The minimum absolute atomic E-state index is 0.332. The summed E-state index contributed by atoms with van der Waals surface area (Å²) >= 11 is 0. The van der Waals surface area contributed by atoms with Crippen molar-refractivity contribution in [2.24, 2.45) is 10.4 Å². The molecular formula is C10H22N2. The van der Waals surface area contributed by atoms with Crippen molar-refractivity contribution in [3.05, 3.63) is 0 Å². The van der Waals surface area contributed by atoms with E-state index in [0.29, 0.717) is 5.41 Å². The average Bonchev–Trinajstić information content (AvgIpc) is 1.97. The third-order valence-electron chi connectivity index (χ3n) is 1.86. The molecule has 0 N–H and O–H groups in total. The zero-order valence-corrected chi connectivity index (χ0v) is 9.31. The minimum atomic E-state index is 0.332. The summed E-state index contributed by atoms with van der Waals surface area (Å²) in [7, 11) is 3.96. The highest BCUT2D eigenvalue weighted by Gasteiger charge is 2.15. The van der Waals surface area contributed by atoms with E-state index in [4.69, 9.17) is 0 Å². The minimum Gasteiger partial charge on any atom is -0.364 e. The molecule has 72 valence electrons. The Kier molecular flexibility index (Phi) is 4.29. The summed E-state index contributed by atoms with van der Waals surface area (Å²) in [6.07, 6.45) is 1.05. The van der Waals surface area contributed by atoms with E-state index >= 15 is 0 Å². The van der Waals surface area contributed by atoms with Crippen LogP contribution in [0.25, 0.3) is 0 Å². The summed E-state index contributed by atoms with van der Waals surface area (Å²) in [6, 6.07) is 0. The highest BCUT2D eigenvalue weighted by atomic mass is 15.1. The zero-order valence-electron chi connectivity index (χ0n) is 9.31. The smallest absolute Gasteiger partial charge is 0.0988 e. The van der Waals surface area contributed by atoms with E-state index in [-0.39, 0.29) is 0 Å². The first-order chi connectivity index (χ1) is 5.40. The maximum Gasteiger partial charge on any atom is 0.0988 e. The quantitative estimate of drug-likeness (QED) is 0.459. The highest BCUT2D eigenvalue weighted by molar-refractivity contribution is 5.82. The summed E-state index contributed by atoms with van der Waals surface area (Å²) in [4.78, 5) is 6.49. The fourth-order valence-corrected chi connectivity index (χ4v) is 1.04. The maximum atomic E-state index is 4.29. The molecule has 0 bridgehead atoms. The van der Waals surface area contributed by atoms with Crippen LogP contribution in [0.5, 0.6) is 0 Å². The molecule has 0 aromatic heterocycles. The fraction of sp³-hybridized carbons (Fsp3) is 0.900. The van der Waals surface area contributed by atoms with Crippen molar-refractivity contribution in [1.82, 2.24) is 4.90 Å². The van der Waals surface area contributed by atoms with Crippen LogP contribution in [0.4, 0.5) is 0 Å². The monoisotopic (exact) mass is 170 g/mol. The summed E-state index contributed by atoms with van der Waals surface area (Å²) in [5, 5.41) is 0. The number of amidine groups is 1. The summed E-state index contributed by atoms with van der Waals surface area (Å²) in [5.74, 6) is 1.20. The Morgan fingerprint density at radius 3 is 2.08 bits per heavy atom. The molecule has 0 aliphatic rings. The number of rotatable bonds is 2. The largest absolute Gasteiger partial charge is 0.364 e. The van der Waals surface area contributed by atoms with Gasteiger partial charge in [-0.1, -0.05) is 20.8 Å². The molecule has 0 amide bonds. The van der Waals surface area contributed by atoms with Crippen LogP contribution in [0.3, 0.4) is 0 Å². The maximum absolute atomic E-state index is 4.29. The molecule has 0 atom stereocenters. The van der Waals surface area contributed by atoms with Crippen LogP contribution in [0.1, 0.15) is 34.1 Å². The summed E-state index contributed by atoms with van der Waals surface area (Å²) in [5.41, 5.74) is 0.332. The lowest BCUT2D eigenvalue weighted by Crippen LogP contribution is -2.30. The average molecular weight is 170 g/mol. The number of hydrogen-bond acceptors (Lipinski definition) is 1.